The quantitative estimate of drug-likeness (QED) is 0.0654. The highest BCUT2D eigenvalue weighted by Crippen LogP contribution is 2.34. The summed E-state index contributed by atoms with van der Waals surface area (Å²) < 4.78 is 12.2. The Balaban J connectivity index is 3.06. The highest BCUT2D eigenvalue weighted by Gasteiger charge is 2.23. The van der Waals surface area contributed by atoms with Crippen LogP contribution in [-0.4, -0.2) is 68.8 Å². The number of unbranched alkanes of at least 4 members (excludes halogenated alkanes) is 3. The van der Waals surface area contributed by atoms with E-state index in [-0.39, 0.29) is 41.9 Å². The topological polar surface area (TPSA) is 81.7 Å². The number of hydrogen-bond acceptors (Lipinski definition) is 5. The van der Waals surface area contributed by atoms with E-state index < -0.39 is 0 Å². The molecule has 7 heteroatoms. The summed E-state index contributed by atoms with van der Waals surface area (Å²) in [6, 6.07) is 9.03. The molecule has 264 valence electrons. The van der Waals surface area contributed by atoms with E-state index in [0.717, 1.165) is 81.8 Å². The number of carbonyl (C=O) groups excluding carboxylic acids is 3. The Hall–Kier alpha value is -2.41. The second-order valence-corrected chi connectivity index (χ2v) is 14.4. The molecule has 46 heavy (non-hydrogen) atoms. The van der Waals surface area contributed by atoms with E-state index in [1.54, 1.807) is 0 Å². The van der Waals surface area contributed by atoms with Gasteiger partial charge in [0.15, 0.2) is 0 Å². The molecule has 7 nitrogen and oxygen atoms in total. The Morgan fingerprint density at radius 2 is 1.17 bits per heavy atom. The lowest BCUT2D eigenvalue weighted by molar-refractivity contribution is -0.870. The minimum Gasteiger partial charge on any atom is -0.463 e. The van der Waals surface area contributed by atoms with Crippen LogP contribution in [0.5, 0.6) is 0 Å². The van der Waals surface area contributed by atoms with Crippen molar-refractivity contribution in [2.45, 2.75) is 155 Å². The summed E-state index contributed by atoms with van der Waals surface area (Å²) in [5, 5.41) is 3.17. The number of rotatable bonds is 25. The van der Waals surface area contributed by atoms with Crippen molar-refractivity contribution in [2.75, 3.05) is 34.2 Å². The average Bonchev–Trinajstić information content (AvgIpc) is 3.00. The number of benzene rings is 1. The third-order valence-electron chi connectivity index (χ3n) is 9.23. The Bertz CT molecular complexity index is 987. The summed E-state index contributed by atoms with van der Waals surface area (Å²) in [5.41, 5.74) is 2.55. The molecule has 5 unspecified atom stereocenters. The minimum absolute atomic E-state index is 0.0137. The summed E-state index contributed by atoms with van der Waals surface area (Å²) in [6.45, 7) is 13.2. The molecular formula is C39H69N2O5+. The lowest BCUT2D eigenvalue weighted by Crippen LogP contribution is -2.38. The van der Waals surface area contributed by atoms with E-state index in [1.165, 1.54) is 50.7 Å². The molecule has 1 aromatic rings. The Kier molecular flexibility index (Phi) is 20.8. The summed E-state index contributed by atoms with van der Waals surface area (Å²) in [6.07, 6.45) is 13.4. The SMILES string of the molecule is CCCCCCC(CC(CC)OC(C)=O)c1ccc(C(CCCC(CC)C(=O)NCCC[N+](C)(C)C)CC(CC)OC(C)=O)cc1. The van der Waals surface area contributed by atoms with Gasteiger partial charge in [-0.2, -0.15) is 0 Å². The largest absolute Gasteiger partial charge is 0.463 e. The van der Waals surface area contributed by atoms with Crippen LogP contribution in [0, 0.1) is 5.92 Å². The van der Waals surface area contributed by atoms with Crippen molar-refractivity contribution in [3.05, 3.63) is 35.4 Å². The molecule has 0 aliphatic heterocycles. The first-order valence-corrected chi connectivity index (χ1v) is 18.4. The highest BCUT2D eigenvalue weighted by atomic mass is 16.5. The molecule has 0 aromatic heterocycles. The molecular weight excluding hydrogens is 576 g/mol. The number of ether oxygens (including phenoxy) is 2. The van der Waals surface area contributed by atoms with E-state index >= 15 is 0 Å². The maximum atomic E-state index is 13.0. The van der Waals surface area contributed by atoms with Crippen molar-refractivity contribution < 1.29 is 28.3 Å². The molecule has 0 radical (unpaired) electrons. The summed E-state index contributed by atoms with van der Waals surface area (Å²) in [7, 11) is 6.52. The van der Waals surface area contributed by atoms with Crippen molar-refractivity contribution >= 4 is 17.8 Å². The fourth-order valence-electron chi connectivity index (χ4n) is 6.44. The molecule has 0 bridgehead atoms. The van der Waals surface area contributed by atoms with Gasteiger partial charge in [-0.15, -0.1) is 0 Å². The summed E-state index contributed by atoms with van der Waals surface area (Å²) in [5.74, 6) is 0.300. The normalized spacial score (nSPS) is 15.0. The van der Waals surface area contributed by atoms with Crippen LogP contribution in [-0.2, 0) is 23.9 Å². The lowest BCUT2D eigenvalue weighted by atomic mass is 9.83. The Morgan fingerprint density at radius 3 is 1.59 bits per heavy atom. The lowest BCUT2D eigenvalue weighted by Gasteiger charge is -2.26. The number of carbonyl (C=O) groups is 3. The van der Waals surface area contributed by atoms with Crippen LogP contribution in [0.15, 0.2) is 24.3 Å². The molecule has 0 spiro atoms. The first-order chi connectivity index (χ1) is 21.8. The molecule has 1 N–H and O–H groups in total. The highest BCUT2D eigenvalue weighted by molar-refractivity contribution is 5.78. The van der Waals surface area contributed by atoms with Crippen LogP contribution in [0.25, 0.3) is 0 Å². The molecule has 0 saturated carbocycles. The fourth-order valence-corrected chi connectivity index (χ4v) is 6.44. The van der Waals surface area contributed by atoms with E-state index in [9.17, 15) is 14.4 Å². The molecule has 0 aliphatic carbocycles. The zero-order valence-electron chi connectivity index (χ0n) is 31.0. The van der Waals surface area contributed by atoms with Gasteiger partial charge < -0.3 is 19.3 Å². The van der Waals surface area contributed by atoms with Gasteiger partial charge in [0.1, 0.15) is 12.2 Å². The standard InChI is InChI=1S/C39H68N2O5/c1-10-14-15-16-19-35(28-37(12-3)45-30(5)42)33-22-24-34(25-23-33)36(29-38(13-4)46-31(6)43)21-17-20-32(11-2)39(44)40-26-18-27-41(7,8)9/h22-25,32,35-38H,10-21,26-29H2,1-9H3/p+1. The van der Waals surface area contributed by atoms with Crippen LogP contribution in [0.2, 0.25) is 0 Å². The molecule has 1 amide bonds. The molecule has 5 atom stereocenters. The molecule has 1 aromatic carbocycles. The average molecular weight is 646 g/mol. The van der Waals surface area contributed by atoms with Crippen LogP contribution in [0.1, 0.15) is 154 Å². The van der Waals surface area contributed by atoms with Gasteiger partial charge in [0.2, 0.25) is 5.91 Å². The predicted octanol–water partition coefficient (Wildman–Crippen LogP) is 8.70. The van der Waals surface area contributed by atoms with Gasteiger partial charge in [0.25, 0.3) is 0 Å². The van der Waals surface area contributed by atoms with Gasteiger partial charge >= 0.3 is 11.9 Å². The second-order valence-electron chi connectivity index (χ2n) is 14.4. The van der Waals surface area contributed by atoms with Crippen molar-refractivity contribution in [3.8, 4) is 0 Å². The smallest absolute Gasteiger partial charge is 0.302 e. The number of amides is 1. The summed E-state index contributed by atoms with van der Waals surface area (Å²) >= 11 is 0. The predicted molar refractivity (Wildman–Crippen MR) is 190 cm³/mol. The Morgan fingerprint density at radius 1 is 0.674 bits per heavy atom. The zero-order chi connectivity index (χ0) is 34.5. The maximum Gasteiger partial charge on any atom is 0.302 e. The van der Waals surface area contributed by atoms with Crippen LogP contribution >= 0.6 is 0 Å². The number of nitrogens with zero attached hydrogens (tertiary/aromatic N) is 1. The number of esters is 2. The van der Waals surface area contributed by atoms with Crippen molar-refractivity contribution in [1.29, 1.82) is 0 Å². The van der Waals surface area contributed by atoms with E-state index in [2.05, 4.69) is 78.4 Å². The van der Waals surface area contributed by atoms with Crippen LogP contribution < -0.4 is 5.32 Å². The minimum atomic E-state index is -0.238. The van der Waals surface area contributed by atoms with Crippen molar-refractivity contribution in [3.63, 3.8) is 0 Å². The number of quaternary nitrogens is 1. The van der Waals surface area contributed by atoms with Crippen molar-refractivity contribution in [1.82, 2.24) is 5.32 Å². The first kappa shape index (κ1) is 41.6. The molecule has 1 rings (SSSR count). The number of hydrogen-bond donors (Lipinski definition) is 1. The molecule has 0 aliphatic rings. The van der Waals surface area contributed by atoms with Gasteiger partial charge in [-0.3, -0.25) is 14.4 Å². The monoisotopic (exact) mass is 646 g/mol. The Labute approximate surface area is 282 Å². The summed E-state index contributed by atoms with van der Waals surface area (Å²) in [4.78, 5) is 36.5. The van der Waals surface area contributed by atoms with Gasteiger partial charge in [-0.05, 0) is 74.3 Å². The van der Waals surface area contributed by atoms with Gasteiger partial charge in [0.05, 0.1) is 27.7 Å². The van der Waals surface area contributed by atoms with Gasteiger partial charge in [0, 0.05) is 32.7 Å². The fraction of sp³-hybridized carbons (Fsp3) is 0.769. The van der Waals surface area contributed by atoms with E-state index in [0.29, 0.717) is 5.92 Å². The van der Waals surface area contributed by atoms with Crippen LogP contribution in [0.4, 0.5) is 0 Å². The second kappa shape index (κ2) is 23.0. The van der Waals surface area contributed by atoms with Crippen molar-refractivity contribution in [2.24, 2.45) is 5.92 Å². The molecule has 0 saturated heterocycles. The number of nitrogens with one attached hydrogen (secondary N) is 1. The van der Waals surface area contributed by atoms with Gasteiger partial charge in [-0.25, -0.2) is 0 Å². The third-order valence-corrected chi connectivity index (χ3v) is 9.23. The zero-order valence-corrected chi connectivity index (χ0v) is 31.0. The molecule has 0 fully saturated rings. The van der Waals surface area contributed by atoms with Crippen LogP contribution in [0.3, 0.4) is 0 Å². The van der Waals surface area contributed by atoms with E-state index in [1.807, 2.05) is 0 Å². The first-order valence-electron chi connectivity index (χ1n) is 18.4. The maximum absolute atomic E-state index is 13.0. The van der Waals surface area contributed by atoms with E-state index in [4.69, 9.17) is 9.47 Å². The third kappa shape index (κ3) is 18.1. The van der Waals surface area contributed by atoms with Gasteiger partial charge in [-0.1, -0.05) is 84.1 Å². The molecule has 0 heterocycles.